The van der Waals surface area contributed by atoms with E-state index in [1.807, 2.05) is 47.6 Å². The summed E-state index contributed by atoms with van der Waals surface area (Å²) in [5.41, 5.74) is -4.54. The highest BCUT2D eigenvalue weighted by Gasteiger charge is 2.65. The molecule has 4 fully saturated rings. The zero-order valence-electron chi connectivity index (χ0n) is 52.6. The molecule has 31 heteroatoms. The Bertz CT molecular complexity index is 3570. The number of H-pyrrole nitrogens is 1. The number of carbonyl (C=O) groups is 3. The Balaban J connectivity index is 0.000000263. The molecule has 5 aliphatic rings. The fourth-order valence-electron chi connectivity index (χ4n) is 10.8. The van der Waals surface area contributed by atoms with E-state index in [9.17, 15) is 44.2 Å². The number of esters is 1. The van der Waals surface area contributed by atoms with E-state index in [0.717, 1.165) is 16.7 Å². The summed E-state index contributed by atoms with van der Waals surface area (Å²) in [5.74, 6) is 9.18. The van der Waals surface area contributed by atoms with Gasteiger partial charge in [0.25, 0.3) is 45.8 Å². The van der Waals surface area contributed by atoms with Crippen molar-refractivity contribution in [2.75, 3.05) is 52.7 Å². The van der Waals surface area contributed by atoms with Crippen LogP contribution in [0.1, 0.15) is 115 Å². The Hall–Kier alpha value is -7.83. The lowest BCUT2D eigenvalue weighted by atomic mass is 9.96. The fraction of sp³-hybridized carbons (Fsp3) is 0.525. The largest absolute Gasteiger partial charge is 0.449 e. The lowest BCUT2D eigenvalue weighted by molar-refractivity contribution is -0.394. The van der Waals surface area contributed by atoms with E-state index in [4.69, 9.17) is 54.9 Å². The molecule has 4 unspecified atom stereocenters. The Labute approximate surface area is 534 Å². The summed E-state index contributed by atoms with van der Waals surface area (Å²) < 4.78 is 61.7. The van der Waals surface area contributed by atoms with Gasteiger partial charge in [-0.05, 0) is 86.4 Å². The van der Waals surface area contributed by atoms with Gasteiger partial charge >= 0.3 is 11.7 Å². The van der Waals surface area contributed by atoms with Gasteiger partial charge in [-0.3, -0.25) is 44.2 Å². The first-order valence-corrected chi connectivity index (χ1v) is 31.9. The zero-order chi connectivity index (χ0) is 67.2. The summed E-state index contributed by atoms with van der Waals surface area (Å²) in [6, 6.07) is 11.6. The second kappa shape index (κ2) is 32.1. The molecule has 29 nitrogen and oxygen atoms in total. The number of nitro groups is 2. The molecule has 2 amide bonds. The summed E-state index contributed by atoms with van der Waals surface area (Å²) in [5, 5.41) is 27.5. The summed E-state index contributed by atoms with van der Waals surface area (Å²) in [7, 11) is -3.20. The van der Waals surface area contributed by atoms with Gasteiger partial charge in [0.1, 0.15) is 71.4 Å². The van der Waals surface area contributed by atoms with Crippen molar-refractivity contribution >= 4 is 46.2 Å². The van der Waals surface area contributed by atoms with E-state index in [1.54, 1.807) is 35.4 Å². The molecule has 0 saturated carbocycles. The average Bonchev–Trinajstić information content (AvgIpc) is 1.58. The number of hydrogen-bond acceptors (Lipinski definition) is 21. The standard InChI is InChI=1S/C31H39N4O7P.C30H36N7O11P/c1-8-31-20-39-26(27(31)42-43(40-18-16-32-7)35(21(2)3)22(4)5)29(41-31)34-19-25(28(36)33-23(34)6)15-12-17-38-30(37)24-13-10-9-11-14-24;1-7-30-17-45-24(25(30)48-49(46-14-13-31-6)35(18(2)3)19(4)5)28(47-30)34-16-20(26(38)33-29(34)40)9-8-12-32-27(39)22-11-10-21(36(41)42)15-23(22)37(43)44/h9-11,13-14,19,21-22,26-27,29H,6,8,16-18,20H2,1-5H3,(H,33,36);10-11,15-16,18-19,24-25,28H,7,12-14,17H2,1-5H3,(H,32,39)(H,33,38,40)/t26?,27-,29-,31+,43?;24?,25-,28-,30+,49?/m11/s1. The normalized spacial score (nSPS) is 23.4. The van der Waals surface area contributed by atoms with E-state index >= 15 is 0 Å². The third-order valence-corrected chi connectivity index (χ3v) is 19.4. The van der Waals surface area contributed by atoms with Gasteiger partial charge in [0.15, 0.2) is 19.1 Å². The molecule has 0 spiro atoms. The SMILES string of the molecule is [C-]#[N+]CCOP(O[C@@H]1C2OC[C@]1(CC)O[C@H]2N1C=C(C#CCOC(=O)c2ccccc2)C(=O)NC1=C)N(C(C)C)C(C)C.[C-]#[N+]CCOP(O[C@@H]1C2OC[C@]1(CC)O[C@H]2n1cc(C#CCNC(=O)c2ccc([N+](=O)[O-])cc2[N+](=O)[O-])c(=O)[nH]c1=O)N(C(C)C)C(C)C. The van der Waals surface area contributed by atoms with Crippen molar-refractivity contribution in [3.05, 3.63) is 159 Å². The number of rotatable bonds is 26. The molecule has 4 saturated heterocycles. The van der Waals surface area contributed by atoms with Crippen molar-refractivity contribution < 1.29 is 66.0 Å². The minimum absolute atomic E-state index is 0.0466. The third-order valence-electron chi connectivity index (χ3n) is 15.2. The Morgan fingerprint density at radius 1 is 0.815 bits per heavy atom. The number of ether oxygens (including phenoxy) is 5. The Morgan fingerprint density at radius 2 is 1.37 bits per heavy atom. The number of nitrogens with zero attached hydrogens (tertiary/aromatic N) is 8. The lowest BCUT2D eigenvalue weighted by Gasteiger charge is -2.38. The molecule has 2 aromatic carbocycles. The number of carbonyl (C=O) groups excluding carboxylic acids is 3. The molecular weight excluding hydrogens is 1240 g/mol. The van der Waals surface area contributed by atoms with Crippen LogP contribution in [0.15, 0.2) is 88.5 Å². The van der Waals surface area contributed by atoms with Gasteiger partial charge in [0.05, 0.1) is 41.2 Å². The molecular formula is C61H75N11O18P2. The minimum Gasteiger partial charge on any atom is -0.449 e. The van der Waals surface area contributed by atoms with Crippen LogP contribution in [0.4, 0.5) is 11.4 Å². The second-order valence-electron chi connectivity index (χ2n) is 22.5. The van der Waals surface area contributed by atoms with Crippen molar-refractivity contribution in [3.8, 4) is 23.7 Å². The maximum Gasteiger partial charge on any atom is 0.339 e. The number of nitro benzene ring substituents is 2. The highest BCUT2D eigenvalue weighted by Crippen LogP contribution is 2.57. The molecule has 1 aromatic heterocycles. The van der Waals surface area contributed by atoms with Crippen LogP contribution in [-0.2, 0) is 46.6 Å². The van der Waals surface area contributed by atoms with Gasteiger partial charge in [-0.2, -0.15) is 0 Å². The summed E-state index contributed by atoms with van der Waals surface area (Å²) in [6.07, 6.45) is -0.172. The highest BCUT2D eigenvalue weighted by atomic mass is 31.2. The second-order valence-corrected chi connectivity index (χ2v) is 25.3. The van der Waals surface area contributed by atoms with E-state index in [0.29, 0.717) is 36.9 Å². The van der Waals surface area contributed by atoms with Crippen LogP contribution >= 0.6 is 17.1 Å². The van der Waals surface area contributed by atoms with E-state index in [2.05, 4.69) is 92.6 Å². The van der Waals surface area contributed by atoms with Crippen molar-refractivity contribution in [2.24, 2.45) is 0 Å². The first-order chi connectivity index (χ1) is 43.9. The summed E-state index contributed by atoms with van der Waals surface area (Å²) >= 11 is 0. The highest BCUT2D eigenvalue weighted by molar-refractivity contribution is 7.44. The topological polar surface area (TPSA) is 318 Å². The van der Waals surface area contributed by atoms with Crippen molar-refractivity contribution in [1.29, 1.82) is 0 Å². The molecule has 0 aliphatic carbocycles. The van der Waals surface area contributed by atoms with Crippen LogP contribution in [0, 0.1) is 57.1 Å². The molecule has 3 aromatic rings. The predicted molar refractivity (Wildman–Crippen MR) is 335 cm³/mol. The van der Waals surface area contributed by atoms with Crippen molar-refractivity contribution in [1.82, 2.24) is 34.4 Å². The number of benzene rings is 2. The van der Waals surface area contributed by atoms with Crippen LogP contribution in [-0.4, -0.2) is 170 Å². The van der Waals surface area contributed by atoms with Gasteiger partial charge in [-0.1, -0.05) is 62.3 Å². The van der Waals surface area contributed by atoms with E-state index in [-0.39, 0.29) is 81.4 Å². The van der Waals surface area contributed by atoms with Crippen LogP contribution in [0.2, 0.25) is 0 Å². The van der Waals surface area contributed by atoms with Crippen LogP contribution in [0.25, 0.3) is 9.69 Å². The molecule has 10 atom stereocenters. The van der Waals surface area contributed by atoms with Crippen LogP contribution in [0.5, 0.6) is 0 Å². The molecule has 92 heavy (non-hydrogen) atoms. The smallest absolute Gasteiger partial charge is 0.339 e. The number of non-ortho nitro benzene ring substituents is 1. The number of aromatic nitrogens is 2. The van der Waals surface area contributed by atoms with Gasteiger partial charge < -0.3 is 67.0 Å². The summed E-state index contributed by atoms with van der Waals surface area (Å²) in [6.45, 7) is 39.5. The summed E-state index contributed by atoms with van der Waals surface area (Å²) in [4.78, 5) is 94.5. The number of nitrogens with one attached hydrogen (secondary N) is 3. The van der Waals surface area contributed by atoms with Gasteiger partial charge in [-0.15, -0.1) is 0 Å². The molecule has 492 valence electrons. The zero-order valence-corrected chi connectivity index (χ0v) is 54.4. The molecule has 6 heterocycles. The number of hydrogen-bond donors (Lipinski definition) is 3. The maximum absolute atomic E-state index is 13.0. The number of aromatic amines is 1. The predicted octanol–water partition coefficient (Wildman–Crippen LogP) is 7.08. The van der Waals surface area contributed by atoms with Crippen LogP contribution in [0.3, 0.4) is 0 Å². The molecule has 4 bridgehead atoms. The Morgan fingerprint density at radius 3 is 1.89 bits per heavy atom. The first kappa shape index (κ1) is 71.6. The van der Waals surface area contributed by atoms with Crippen LogP contribution < -0.4 is 21.9 Å². The first-order valence-electron chi connectivity index (χ1n) is 29.6. The average molecular weight is 1310 g/mol. The lowest BCUT2D eigenvalue weighted by Crippen LogP contribution is -2.49. The quantitative estimate of drug-likeness (QED) is 0.0137. The van der Waals surface area contributed by atoms with Gasteiger partial charge in [-0.25, -0.2) is 32.1 Å². The van der Waals surface area contributed by atoms with Crippen molar-refractivity contribution in [3.63, 3.8) is 0 Å². The molecule has 3 N–H and O–H groups in total. The van der Waals surface area contributed by atoms with E-state index in [1.165, 1.54) is 6.20 Å². The monoisotopic (exact) mass is 1310 g/mol. The number of fused-ring (bicyclic) bond motifs is 4. The maximum atomic E-state index is 13.0. The molecule has 5 aliphatic heterocycles. The molecule has 8 rings (SSSR count). The van der Waals surface area contributed by atoms with Crippen molar-refractivity contribution in [2.45, 2.75) is 154 Å². The number of amides is 2. The van der Waals surface area contributed by atoms with Gasteiger partial charge in [0.2, 0.25) is 13.1 Å². The third kappa shape index (κ3) is 16.5. The Kier molecular flexibility index (Phi) is 25.0. The van der Waals surface area contributed by atoms with Gasteiger partial charge in [0, 0.05) is 42.6 Å². The minimum atomic E-state index is -1.67. The molecule has 0 radical (unpaired) electrons. The fourth-order valence-corrected chi connectivity index (χ4v) is 14.4. The van der Waals surface area contributed by atoms with E-state index < -0.39 is 121 Å².